The number of hydrogen-bond acceptors (Lipinski definition) is 4. The molecule has 0 saturated heterocycles. The number of aryl methyl sites for hydroxylation is 1. The molecule has 1 unspecified atom stereocenters. The van der Waals surface area contributed by atoms with Crippen LogP contribution >= 0.6 is 0 Å². The largest absolute Gasteiger partial charge is 0.507 e. The van der Waals surface area contributed by atoms with Crippen LogP contribution in [0.5, 0.6) is 11.5 Å². The van der Waals surface area contributed by atoms with Gasteiger partial charge in [0.15, 0.2) is 6.19 Å². The topological polar surface area (TPSA) is 56.5 Å². The minimum absolute atomic E-state index is 0.210. The molecule has 0 spiro atoms. The molecular weight excluding hydrogens is 391 g/mol. The first-order chi connectivity index (χ1) is 14.8. The Morgan fingerprint density at radius 3 is 2.71 bits per heavy atom. The molecule has 0 fully saturated rings. The van der Waals surface area contributed by atoms with E-state index in [0.29, 0.717) is 18.8 Å². The second-order valence-corrected chi connectivity index (χ2v) is 9.17. The van der Waals surface area contributed by atoms with Crippen molar-refractivity contribution in [3.63, 3.8) is 0 Å². The standard InChI is InChI=1S/C26H29FN2O2/c1-17(5-4-6-18-7-9-20(27)10-8-18)19-13-23(30)25-21-15-29(16-28)12-11-22(21)26(2,3)31-24(25)14-19/h7-10,13-14,17,30H,4-6,11-12,15H2,1-3H3. The Balaban J connectivity index is 1.54. The molecule has 1 N–H and O–H groups in total. The predicted molar refractivity (Wildman–Crippen MR) is 119 cm³/mol. The molecule has 0 aromatic heterocycles. The van der Waals surface area contributed by atoms with Crippen molar-refractivity contribution in [2.75, 3.05) is 13.1 Å². The summed E-state index contributed by atoms with van der Waals surface area (Å²) < 4.78 is 19.4. The Morgan fingerprint density at radius 1 is 1.26 bits per heavy atom. The lowest BCUT2D eigenvalue weighted by Crippen LogP contribution is -2.41. The molecule has 2 aromatic rings. The molecule has 162 valence electrons. The normalized spacial score (nSPS) is 18.0. The summed E-state index contributed by atoms with van der Waals surface area (Å²) in [5, 5.41) is 20.3. The Morgan fingerprint density at radius 2 is 2.00 bits per heavy atom. The van der Waals surface area contributed by atoms with Gasteiger partial charge in [-0.15, -0.1) is 0 Å². The van der Waals surface area contributed by atoms with Crippen LogP contribution in [0.25, 0.3) is 5.57 Å². The molecule has 0 saturated carbocycles. The number of ether oxygens (including phenoxy) is 1. The van der Waals surface area contributed by atoms with Gasteiger partial charge in [0.25, 0.3) is 0 Å². The number of benzene rings is 2. The number of nitrogens with zero attached hydrogens (tertiary/aromatic N) is 2. The summed E-state index contributed by atoms with van der Waals surface area (Å²) in [7, 11) is 0. The molecule has 2 aromatic carbocycles. The van der Waals surface area contributed by atoms with Gasteiger partial charge in [0.05, 0.1) is 12.1 Å². The zero-order valence-corrected chi connectivity index (χ0v) is 18.4. The van der Waals surface area contributed by atoms with E-state index >= 15 is 0 Å². The highest BCUT2D eigenvalue weighted by molar-refractivity contribution is 5.82. The molecule has 0 bridgehead atoms. The van der Waals surface area contributed by atoms with E-state index in [4.69, 9.17) is 4.74 Å². The summed E-state index contributed by atoms with van der Waals surface area (Å²) in [6.07, 6.45) is 5.82. The maximum atomic E-state index is 13.1. The van der Waals surface area contributed by atoms with Crippen molar-refractivity contribution in [2.24, 2.45) is 0 Å². The Kier molecular flexibility index (Phi) is 5.66. The Hall–Kier alpha value is -3.00. The van der Waals surface area contributed by atoms with Crippen LogP contribution in [0.3, 0.4) is 0 Å². The molecule has 0 aliphatic carbocycles. The minimum Gasteiger partial charge on any atom is -0.507 e. The fraction of sp³-hybridized carbons (Fsp3) is 0.423. The van der Waals surface area contributed by atoms with Gasteiger partial charge in [-0.05, 0) is 92.0 Å². The van der Waals surface area contributed by atoms with Gasteiger partial charge in [-0.25, -0.2) is 4.39 Å². The number of hydrogen-bond donors (Lipinski definition) is 1. The zero-order valence-electron chi connectivity index (χ0n) is 18.4. The average molecular weight is 421 g/mol. The van der Waals surface area contributed by atoms with Crippen molar-refractivity contribution in [3.8, 4) is 17.7 Å². The number of fused-ring (bicyclic) bond motifs is 2. The maximum Gasteiger partial charge on any atom is 0.179 e. The summed E-state index contributed by atoms with van der Waals surface area (Å²) in [6, 6.07) is 10.6. The summed E-state index contributed by atoms with van der Waals surface area (Å²) >= 11 is 0. The summed E-state index contributed by atoms with van der Waals surface area (Å²) in [5.74, 6) is 0.962. The fourth-order valence-corrected chi connectivity index (χ4v) is 4.80. The number of rotatable bonds is 5. The van der Waals surface area contributed by atoms with Crippen LogP contribution in [0.4, 0.5) is 4.39 Å². The molecule has 2 aliphatic heterocycles. The molecule has 0 amide bonds. The van der Waals surface area contributed by atoms with E-state index in [1.54, 1.807) is 4.90 Å². The highest BCUT2D eigenvalue weighted by atomic mass is 19.1. The second-order valence-electron chi connectivity index (χ2n) is 9.17. The van der Waals surface area contributed by atoms with Crippen LogP contribution in [0.15, 0.2) is 42.0 Å². The van der Waals surface area contributed by atoms with Crippen LogP contribution < -0.4 is 4.74 Å². The average Bonchev–Trinajstić information content (AvgIpc) is 2.73. The summed E-state index contributed by atoms with van der Waals surface area (Å²) in [6.45, 7) is 7.46. The Bertz CT molecular complexity index is 1050. The number of phenols is 1. The van der Waals surface area contributed by atoms with Gasteiger partial charge in [0.1, 0.15) is 22.9 Å². The second kappa shape index (κ2) is 8.26. The van der Waals surface area contributed by atoms with Gasteiger partial charge in [0.2, 0.25) is 0 Å². The lowest BCUT2D eigenvalue weighted by atomic mass is 9.80. The Labute approximate surface area is 183 Å². The smallest absolute Gasteiger partial charge is 0.179 e. The van der Waals surface area contributed by atoms with Crippen molar-refractivity contribution in [3.05, 3.63) is 64.5 Å². The number of phenolic OH excluding ortho intramolecular Hbond substituents is 1. The molecule has 4 rings (SSSR count). The van der Waals surface area contributed by atoms with Gasteiger partial charge < -0.3 is 14.7 Å². The van der Waals surface area contributed by atoms with Crippen LogP contribution in [0.1, 0.15) is 62.6 Å². The van der Waals surface area contributed by atoms with E-state index in [2.05, 4.69) is 33.0 Å². The van der Waals surface area contributed by atoms with Crippen LogP contribution in [-0.4, -0.2) is 28.7 Å². The predicted octanol–water partition coefficient (Wildman–Crippen LogP) is 5.77. The quantitative estimate of drug-likeness (QED) is 0.624. The molecule has 1 atom stereocenters. The van der Waals surface area contributed by atoms with Crippen molar-refractivity contribution >= 4 is 5.57 Å². The first-order valence-corrected chi connectivity index (χ1v) is 11.0. The van der Waals surface area contributed by atoms with E-state index in [1.165, 1.54) is 17.7 Å². The molecule has 2 aliphatic rings. The highest BCUT2D eigenvalue weighted by Crippen LogP contribution is 2.48. The van der Waals surface area contributed by atoms with Crippen LogP contribution in [-0.2, 0) is 6.42 Å². The van der Waals surface area contributed by atoms with Crippen molar-refractivity contribution < 1.29 is 14.2 Å². The number of aromatic hydroxyl groups is 1. The monoisotopic (exact) mass is 420 g/mol. The SMILES string of the molecule is CC(CCCc1ccc(F)cc1)c1cc(O)c2c(c1)OC(C)(C)C1=C2CN(C#N)CC1. The number of halogens is 1. The third kappa shape index (κ3) is 4.25. The molecule has 2 heterocycles. The minimum atomic E-state index is -0.458. The van der Waals surface area contributed by atoms with Gasteiger partial charge in [-0.1, -0.05) is 19.1 Å². The van der Waals surface area contributed by atoms with Gasteiger partial charge in [0, 0.05) is 6.54 Å². The van der Waals surface area contributed by atoms with Gasteiger partial charge in [-0.3, -0.25) is 0 Å². The zero-order chi connectivity index (χ0) is 22.2. The van der Waals surface area contributed by atoms with Gasteiger partial charge >= 0.3 is 0 Å². The van der Waals surface area contributed by atoms with E-state index < -0.39 is 5.60 Å². The molecule has 0 radical (unpaired) electrons. The van der Waals surface area contributed by atoms with Crippen LogP contribution in [0, 0.1) is 17.3 Å². The first kappa shape index (κ1) is 21.2. The lowest BCUT2D eigenvalue weighted by molar-refractivity contribution is 0.134. The molecule has 4 nitrogen and oxygen atoms in total. The summed E-state index contributed by atoms with van der Waals surface area (Å²) in [4.78, 5) is 1.73. The van der Waals surface area contributed by atoms with Crippen LogP contribution in [0.2, 0.25) is 0 Å². The maximum absolute atomic E-state index is 13.1. The molecular formula is C26H29FN2O2. The van der Waals surface area contributed by atoms with E-state index in [1.807, 2.05) is 18.2 Å². The van der Waals surface area contributed by atoms with E-state index in [-0.39, 0.29) is 17.5 Å². The van der Waals surface area contributed by atoms with E-state index in [9.17, 15) is 14.8 Å². The van der Waals surface area contributed by atoms with Gasteiger partial charge in [-0.2, -0.15) is 5.26 Å². The molecule has 31 heavy (non-hydrogen) atoms. The first-order valence-electron chi connectivity index (χ1n) is 11.0. The highest BCUT2D eigenvalue weighted by Gasteiger charge is 2.39. The van der Waals surface area contributed by atoms with Crippen molar-refractivity contribution in [1.82, 2.24) is 4.90 Å². The summed E-state index contributed by atoms with van der Waals surface area (Å²) in [5.41, 5.74) is 4.64. The van der Waals surface area contributed by atoms with E-state index in [0.717, 1.165) is 47.9 Å². The third-order valence-electron chi connectivity index (χ3n) is 6.57. The fourth-order valence-electron chi connectivity index (χ4n) is 4.80. The lowest BCUT2D eigenvalue weighted by Gasteiger charge is -2.41. The van der Waals surface area contributed by atoms with Crippen molar-refractivity contribution in [2.45, 2.75) is 58.0 Å². The number of nitriles is 1. The molecule has 5 heteroatoms. The van der Waals surface area contributed by atoms with Crippen molar-refractivity contribution in [1.29, 1.82) is 5.26 Å². The third-order valence-corrected chi connectivity index (χ3v) is 6.57.